The molecule has 2 aromatic rings. The summed E-state index contributed by atoms with van der Waals surface area (Å²) in [6.45, 7) is 1.93. The minimum Gasteiger partial charge on any atom is -0.392 e. The Labute approximate surface area is 120 Å². The summed E-state index contributed by atoms with van der Waals surface area (Å²) < 4.78 is 0.767. The third kappa shape index (κ3) is 3.43. The van der Waals surface area contributed by atoms with Crippen molar-refractivity contribution in [3.63, 3.8) is 0 Å². The van der Waals surface area contributed by atoms with Crippen molar-refractivity contribution >= 4 is 27.5 Å². The summed E-state index contributed by atoms with van der Waals surface area (Å²) in [6, 6.07) is 12.7. The van der Waals surface area contributed by atoms with E-state index in [0.29, 0.717) is 11.3 Å². The topological polar surface area (TPSA) is 49.3 Å². The van der Waals surface area contributed by atoms with Gasteiger partial charge in [-0.05, 0) is 58.2 Å². The largest absolute Gasteiger partial charge is 0.392 e. The van der Waals surface area contributed by atoms with Crippen molar-refractivity contribution in [1.29, 1.82) is 0 Å². The Balaban J connectivity index is 2.20. The van der Waals surface area contributed by atoms with Crippen molar-refractivity contribution < 1.29 is 9.90 Å². The van der Waals surface area contributed by atoms with Crippen LogP contribution in [0.15, 0.2) is 46.9 Å². The Morgan fingerprint density at radius 2 is 2.05 bits per heavy atom. The fourth-order valence-electron chi connectivity index (χ4n) is 1.75. The molecule has 0 aromatic heterocycles. The molecule has 0 aliphatic carbocycles. The Morgan fingerprint density at radius 1 is 1.26 bits per heavy atom. The van der Waals surface area contributed by atoms with Crippen LogP contribution in [0.2, 0.25) is 0 Å². The lowest BCUT2D eigenvalue weighted by atomic mass is 10.1. The van der Waals surface area contributed by atoms with Crippen LogP contribution in [0.25, 0.3) is 0 Å². The van der Waals surface area contributed by atoms with Crippen LogP contribution in [0.3, 0.4) is 0 Å². The van der Waals surface area contributed by atoms with E-state index < -0.39 is 0 Å². The van der Waals surface area contributed by atoms with E-state index in [1.54, 1.807) is 30.3 Å². The average molecular weight is 320 g/mol. The van der Waals surface area contributed by atoms with Gasteiger partial charge in [-0.1, -0.05) is 18.2 Å². The first-order valence-corrected chi connectivity index (χ1v) is 6.67. The first-order chi connectivity index (χ1) is 9.10. The number of nitrogens with one attached hydrogen (secondary N) is 1. The van der Waals surface area contributed by atoms with Crippen molar-refractivity contribution in [3.05, 3.63) is 63.6 Å². The summed E-state index contributed by atoms with van der Waals surface area (Å²) in [7, 11) is 0. The molecule has 0 atom stereocenters. The smallest absolute Gasteiger partial charge is 0.256 e. The summed E-state index contributed by atoms with van der Waals surface area (Å²) in [5.41, 5.74) is 3.11. The quantitative estimate of drug-likeness (QED) is 0.909. The summed E-state index contributed by atoms with van der Waals surface area (Å²) in [6.07, 6.45) is 0. The summed E-state index contributed by atoms with van der Waals surface area (Å²) >= 11 is 3.39. The van der Waals surface area contributed by atoms with Crippen molar-refractivity contribution in [2.75, 3.05) is 5.32 Å². The molecule has 19 heavy (non-hydrogen) atoms. The van der Waals surface area contributed by atoms with E-state index in [-0.39, 0.29) is 12.5 Å². The predicted molar refractivity (Wildman–Crippen MR) is 79.2 cm³/mol. The summed E-state index contributed by atoms with van der Waals surface area (Å²) in [5, 5.41) is 11.9. The Morgan fingerprint density at radius 3 is 2.74 bits per heavy atom. The highest BCUT2D eigenvalue weighted by Crippen LogP contribution is 2.20. The number of hydrogen-bond donors (Lipinski definition) is 2. The molecule has 0 aliphatic rings. The molecule has 98 valence electrons. The van der Waals surface area contributed by atoms with Crippen LogP contribution in [-0.4, -0.2) is 11.0 Å². The molecule has 0 bridgehead atoms. The molecule has 0 saturated heterocycles. The number of hydrogen-bond acceptors (Lipinski definition) is 2. The molecule has 3 nitrogen and oxygen atoms in total. The van der Waals surface area contributed by atoms with E-state index in [2.05, 4.69) is 21.2 Å². The van der Waals surface area contributed by atoms with Gasteiger partial charge < -0.3 is 10.4 Å². The molecule has 2 N–H and O–H groups in total. The van der Waals surface area contributed by atoms with E-state index in [0.717, 1.165) is 15.6 Å². The number of aryl methyl sites for hydroxylation is 1. The first kappa shape index (κ1) is 13.8. The van der Waals surface area contributed by atoms with Crippen molar-refractivity contribution in [2.24, 2.45) is 0 Å². The molecular formula is C15H14BrNO2. The van der Waals surface area contributed by atoms with E-state index in [1.165, 1.54) is 0 Å². The van der Waals surface area contributed by atoms with Crippen LogP contribution < -0.4 is 5.32 Å². The van der Waals surface area contributed by atoms with Crippen LogP contribution >= 0.6 is 15.9 Å². The van der Waals surface area contributed by atoms with Gasteiger partial charge in [0.25, 0.3) is 5.91 Å². The highest BCUT2D eigenvalue weighted by atomic mass is 79.9. The van der Waals surface area contributed by atoms with Gasteiger partial charge in [0.2, 0.25) is 0 Å². The maximum Gasteiger partial charge on any atom is 0.256 e. The zero-order chi connectivity index (χ0) is 13.8. The third-order valence-electron chi connectivity index (χ3n) is 2.74. The fraction of sp³-hybridized carbons (Fsp3) is 0.133. The van der Waals surface area contributed by atoms with Crippen LogP contribution in [0.5, 0.6) is 0 Å². The van der Waals surface area contributed by atoms with Gasteiger partial charge in [0.1, 0.15) is 0 Å². The molecule has 4 heteroatoms. The van der Waals surface area contributed by atoms with Gasteiger partial charge in [-0.3, -0.25) is 4.79 Å². The van der Waals surface area contributed by atoms with Crippen LogP contribution in [0.1, 0.15) is 21.5 Å². The zero-order valence-electron chi connectivity index (χ0n) is 10.5. The van der Waals surface area contributed by atoms with Crippen molar-refractivity contribution in [2.45, 2.75) is 13.5 Å². The van der Waals surface area contributed by atoms with Gasteiger partial charge in [0, 0.05) is 10.2 Å². The molecule has 2 rings (SSSR count). The monoisotopic (exact) mass is 319 g/mol. The molecule has 1 amide bonds. The highest BCUT2D eigenvalue weighted by molar-refractivity contribution is 9.10. The third-order valence-corrected chi connectivity index (χ3v) is 3.39. The first-order valence-electron chi connectivity index (χ1n) is 5.87. The van der Waals surface area contributed by atoms with Gasteiger partial charge in [-0.2, -0.15) is 0 Å². The number of aliphatic hydroxyl groups is 1. The second-order valence-electron chi connectivity index (χ2n) is 4.30. The number of rotatable bonds is 3. The fourth-order valence-corrected chi connectivity index (χ4v) is 2.42. The zero-order valence-corrected chi connectivity index (χ0v) is 12.1. The van der Waals surface area contributed by atoms with Gasteiger partial charge in [0.15, 0.2) is 0 Å². The standard InChI is InChI=1S/C15H14BrNO2/c1-10-5-6-13(14(16)7-10)15(19)17-12-4-2-3-11(8-12)9-18/h2-8,18H,9H2,1H3,(H,17,19). The number of benzene rings is 2. The molecule has 0 unspecified atom stereocenters. The Hall–Kier alpha value is -1.65. The van der Waals surface area contributed by atoms with E-state index in [4.69, 9.17) is 5.11 Å². The second kappa shape index (κ2) is 5.99. The van der Waals surface area contributed by atoms with E-state index in [1.807, 2.05) is 19.1 Å². The normalized spacial score (nSPS) is 10.3. The summed E-state index contributed by atoms with van der Waals surface area (Å²) in [4.78, 5) is 12.1. The molecule has 0 aliphatic heterocycles. The Bertz CT molecular complexity index is 611. The molecule has 0 heterocycles. The molecule has 2 aromatic carbocycles. The highest BCUT2D eigenvalue weighted by Gasteiger charge is 2.10. The number of amides is 1. The summed E-state index contributed by atoms with van der Waals surface area (Å²) in [5.74, 6) is -0.179. The van der Waals surface area contributed by atoms with Crippen LogP contribution in [0.4, 0.5) is 5.69 Å². The average Bonchev–Trinajstić information content (AvgIpc) is 2.38. The van der Waals surface area contributed by atoms with E-state index in [9.17, 15) is 4.79 Å². The van der Waals surface area contributed by atoms with Gasteiger partial charge >= 0.3 is 0 Å². The molecule has 0 fully saturated rings. The molecular weight excluding hydrogens is 306 g/mol. The van der Waals surface area contributed by atoms with Crippen molar-refractivity contribution in [1.82, 2.24) is 0 Å². The SMILES string of the molecule is Cc1ccc(C(=O)Nc2cccc(CO)c2)c(Br)c1. The van der Waals surface area contributed by atoms with Gasteiger partial charge in [-0.15, -0.1) is 0 Å². The maximum atomic E-state index is 12.1. The Kier molecular flexibility index (Phi) is 4.35. The predicted octanol–water partition coefficient (Wildman–Crippen LogP) is 3.50. The number of aliphatic hydroxyl groups excluding tert-OH is 1. The lowest BCUT2D eigenvalue weighted by molar-refractivity contribution is 0.102. The van der Waals surface area contributed by atoms with Crippen LogP contribution in [0, 0.1) is 6.92 Å². The minimum atomic E-state index is -0.179. The van der Waals surface area contributed by atoms with Gasteiger partial charge in [-0.25, -0.2) is 0 Å². The molecule has 0 spiro atoms. The number of anilines is 1. The second-order valence-corrected chi connectivity index (χ2v) is 5.15. The number of carbonyl (C=O) groups is 1. The lowest BCUT2D eigenvalue weighted by Gasteiger charge is -2.08. The van der Waals surface area contributed by atoms with E-state index >= 15 is 0 Å². The van der Waals surface area contributed by atoms with Crippen LogP contribution in [-0.2, 0) is 6.61 Å². The maximum absolute atomic E-state index is 12.1. The number of carbonyl (C=O) groups excluding carboxylic acids is 1. The minimum absolute atomic E-state index is 0.0437. The molecule has 0 saturated carbocycles. The molecule has 0 radical (unpaired) electrons. The van der Waals surface area contributed by atoms with Crippen molar-refractivity contribution in [3.8, 4) is 0 Å². The lowest BCUT2D eigenvalue weighted by Crippen LogP contribution is -2.12. The number of halogens is 1. The van der Waals surface area contributed by atoms with Gasteiger partial charge in [0.05, 0.1) is 12.2 Å².